The molecular weight excluding hydrogens is 272 g/mol. The predicted molar refractivity (Wildman–Crippen MR) is 79.5 cm³/mol. The average molecular weight is 292 g/mol. The van der Waals surface area contributed by atoms with Gasteiger partial charge in [0, 0.05) is 6.07 Å². The quantitative estimate of drug-likeness (QED) is 0.503. The molecule has 2 rings (SSSR count). The summed E-state index contributed by atoms with van der Waals surface area (Å²) >= 11 is 0. The van der Waals surface area contributed by atoms with Crippen LogP contribution >= 0.6 is 0 Å². The van der Waals surface area contributed by atoms with E-state index in [1.807, 2.05) is 6.92 Å². The van der Waals surface area contributed by atoms with Crippen LogP contribution in [0.5, 0.6) is 0 Å². The van der Waals surface area contributed by atoms with Crippen LogP contribution in [0.1, 0.15) is 44.1 Å². The molecule has 0 aliphatic heterocycles. The van der Waals surface area contributed by atoms with Crippen molar-refractivity contribution in [3.8, 4) is 0 Å². The fraction of sp³-hybridized carbons (Fsp3) is 0.533. The summed E-state index contributed by atoms with van der Waals surface area (Å²) in [5.74, 6) is -0.930. The minimum Gasteiger partial charge on any atom is -0.480 e. The number of nitrogens with one attached hydrogen (secondary N) is 1. The van der Waals surface area contributed by atoms with Gasteiger partial charge in [0.1, 0.15) is 11.2 Å². The van der Waals surface area contributed by atoms with E-state index in [1.165, 1.54) is 6.07 Å². The zero-order valence-electron chi connectivity index (χ0n) is 12.1. The molecule has 1 aliphatic carbocycles. The van der Waals surface area contributed by atoms with Gasteiger partial charge in [0.05, 0.1) is 4.92 Å². The van der Waals surface area contributed by atoms with E-state index in [0.29, 0.717) is 18.5 Å². The van der Waals surface area contributed by atoms with E-state index in [2.05, 4.69) is 5.32 Å². The number of anilines is 1. The molecule has 6 heteroatoms. The second kappa shape index (κ2) is 6.11. The van der Waals surface area contributed by atoms with Crippen molar-refractivity contribution in [1.82, 2.24) is 0 Å². The Morgan fingerprint density at radius 3 is 2.43 bits per heavy atom. The first-order valence-corrected chi connectivity index (χ1v) is 7.21. The van der Waals surface area contributed by atoms with Crippen LogP contribution in [0.25, 0.3) is 0 Å². The van der Waals surface area contributed by atoms with E-state index < -0.39 is 16.4 Å². The van der Waals surface area contributed by atoms with Gasteiger partial charge in [0.15, 0.2) is 0 Å². The van der Waals surface area contributed by atoms with E-state index >= 15 is 0 Å². The van der Waals surface area contributed by atoms with Crippen LogP contribution in [0.4, 0.5) is 11.4 Å². The fourth-order valence-electron chi connectivity index (χ4n) is 2.89. The van der Waals surface area contributed by atoms with Gasteiger partial charge in [0.2, 0.25) is 0 Å². The molecular formula is C15H20N2O4. The number of rotatable bonds is 4. The first-order chi connectivity index (χ1) is 9.94. The molecule has 1 aliphatic rings. The molecule has 0 amide bonds. The maximum absolute atomic E-state index is 11.8. The van der Waals surface area contributed by atoms with E-state index in [1.54, 1.807) is 12.1 Å². The first-order valence-electron chi connectivity index (χ1n) is 7.21. The topological polar surface area (TPSA) is 92.5 Å². The number of carboxylic acids is 1. The van der Waals surface area contributed by atoms with Crippen LogP contribution < -0.4 is 5.32 Å². The number of hydrogen-bond donors (Lipinski definition) is 2. The molecule has 1 saturated carbocycles. The number of nitro benzene ring substituents is 1. The summed E-state index contributed by atoms with van der Waals surface area (Å²) in [6, 6.07) is 4.72. The van der Waals surface area contributed by atoms with Crippen LogP contribution in [0.3, 0.4) is 0 Å². The number of aliphatic carboxylic acids is 1. The standard InChI is InChI=1S/C15H20N2O4/c1-11-6-7-13(17(20)21)12(10-11)16-15(14(18)19)8-4-2-3-5-9-15/h6-7,10,16H,2-5,8-9H2,1H3,(H,18,19). The third-order valence-electron chi connectivity index (χ3n) is 4.09. The van der Waals surface area contributed by atoms with Gasteiger partial charge in [-0.05, 0) is 31.4 Å². The molecule has 0 radical (unpaired) electrons. The summed E-state index contributed by atoms with van der Waals surface area (Å²) in [6.45, 7) is 1.83. The SMILES string of the molecule is Cc1ccc([N+](=O)[O-])c(NC2(C(=O)O)CCCCCC2)c1. The van der Waals surface area contributed by atoms with Crippen molar-refractivity contribution in [3.05, 3.63) is 33.9 Å². The maximum Gasteiger partial charge on any atom is 0.329 e. The van der Waals surface area contributed by atoms with Crippen molar-refractivity contribution in [1.29, 1.82) is 0 Å². The molecule has 2 N–H and O–H groups in total. The number of aryl methyl sites for hydroxylation is 1. The number of carbonyl (C=O) groups is 1. The van der Waals surface area contributed by atoms with Gasteiger partial charge in [-0.25, -0.2) is 4.79 Å². The van der Waals surface area contributed by atoms with Crippen molar-refractivity contribution in [2.45, 2.75) is 51.0 Å². The molecule has 1 fully saturated rings. The van der Waals surface area contributed by atoms with Gasteiger partial charge < -0.3 is 10.4 Å². The number of benzene rings is 1. The molecule has 0 unspecified atom stereocenters. The Labute approximate surface area is 123 Å². The van der Waals surface area contributed by atoms with Crippen molar-refractivity contribution >= 4 is 17.3 Å². The third-order valence-corrected chi connectivity index (χ3v) is 4.09. The van der Waals surface area contributed by atoms with Crippen molar-refractivity contribution < 1.29 is 14.8 Å². The van der Waals surface area contributed by atoms with Crippen LogP contribution in [-0.2, 0) is 4.79 Å². The number of hydrogen-bond acceptors (Lipinski definition) is 4. The van der Waals surface area contributed by atoms with Gasteiger partial charge in [-0.2, -0.15) is 0 Å². The van der Waals surface area contributed by atoms with E-state index in [0.717, 1.165) is 31.2 Å². The Balaban J connectivity index is 2.39. The number of nitro groups is 1. The lowest BCUT2D eigenvalue weighted by Gasteiger charge is -2.30. The fourth-order valence-corrected chi connectivity index (χ4v) is 2.89. The number of carboxylic acid groups (broad SMARTS) is 1. The molecule has 0 heterocycles. The van der Waals surface area contributed by atoms with E-state index in [4.69, 9.17) is 0 Å². The summed E-state index contributed by atoms with van der Waals surface area (Å²) < 4.78 is 0. The Morgan fingerprint density at radius 1 is 1.29 bits per heavy atom. The molecule has 114 valence electrons. The van der Waals surface area contributed by atoms with Crippen molar-refractivity contribution in [2.75, 3.05) is 5.32 Å². The van der Waals surface area contributed by atoms with Gasteiger partial charge in [0.25, 0.3) is 5.69 Å². The Morgan fingerprint density at radius 2 is 1.90 bits per heavy atom. The molecule has 1 aromatic carbocycles. The zero-order valence-corrected chi connectivity index (χ0v) is 12.1. The molecule has 0 aromatic heterocycles. The Hall–Kier alpha value is -2.11. The van der Waals surface area contributed by atoms with E-state index in [9.17, 15) is 20.0 Å². The summed E-state index contributed by atoms with van der Waals surface area (Å²) in [5, 5.41) is 23.8. The lowest BCUT2D eigenvalue weighted by atomic mass is 9.89. The number of nitrogens with zero attached hydrogens (tertiary/aromatic N) is 1. The highest BCUT2D eigenvalue weighted by Gasteiger charge is 2.39. The van der Waals surface area contributed by atoms with Crippen LogP contribution in [0.15, 0.2) is 18.2 Å². The highest BCUT2D eigenvalue weighted by molar-refractivity contribution is 5.84. The summed E-state index contributed by atoms with van der Waals surface area (Å²) in [6.07, 6.45) is 4.64. The highest BCUT2D eigenvalue weighted by atomic mass is 16.6. The van der Waals surface area contributed by atoms with Crippen molar-refractivity contribution in [3.63, 3.8) is 0 Å². The van der Waals surface area contributed by atoms with Crippen LogP contribution in [-0.4, -0.2) is 21.5 Å². The first kappa shape index (κ1) is 15.3. The molecule has 0 saturated heterocycles. The smallest absolute Gasteiger partial charge is 0.329 e. The largest absolute Gasteiger partial charge is 0.480 e. The molecule has 21 heavy (non-hydrogen) atoms. The minimum atomic E-state index is -1.10. The lowest BCUT2D eigenvalue weighted by Crippen LogP contribution is -2.46. The maximum atomic E-state index is 11.8. The second-order valence-corrected chi connectivity index (χ2v) is 5.70. The van der Waals surface area contributed by atoms with Gasteiger partial charge in [-0.15, -0.1) is 0 Å². The molecule has 0 atom stereocenters. The molecule has 1 aromatic rings. The zero-order chi connectivity index (χ0) is 15.5. The summed E-state index contributed by atoms with van der Waals surface area (Å²) in [4.78, 5) is 22.4. The van der Waals surface area contributed by atoms with Crippen LogP contribution in [0, 0.1) is 17.0 Å². The normalized spacial score (nSPS) is 17.8. The summed E-state index contributed by atoms with van der Waals surface area (Å²) in [7, 11) is 0. The van der Waals surface area contributed by atoms with Gasteiger partial charge in [-0.3, -0.25) is 10.1 Å². The lowest BCUT2D eigenvalue weighted by molar-refractivity contribution is -0.384. The average Bonchev–Trinajstić information content (AvgIpc) is 2.65. The summed E-state index contributed by atoms with van der Waals surface area (Å²) in [5.41, 5.74) is -0.0262. The van der Waals surface area contributed by atoms with Gasteiger partial charge in [-0.1, -0.05) is 31.7 Å². The second-order valence-electron chi connectivity index (χ2n) is 5.70. The Bertz CT molecular complexity index is 549. The predicted octanol–water partition coefficient (Wildman–Crippen LogP) is 3.49. The van der Waals surface area contributed by atoms with Gasteiger partial charge >= 0.3 is 5.97 Å². The minimum absolute atomic E-state index is 0.0783. The molecule has 0 bridgehead atoms. The van der Waals surface area contributed by atoms with Crippen molar-refractivity contribution in [2.24, 2.45) is 0 Å². The Kier molecular flexibility index (Phi) is 4.45. The van der Waals surface area contributed by atoms with E-state index in [-0.39, 0.29) is 5.69 Å². The molecule has 0 spiro atoms. The third kappa shape index (κ3) is 3.32. The monoisotopic (exact) mass is 292 g/mol. The van der Waals surface area contributed by atoms with Crippen LogP contribution in [0.2, 0.25) is 0 Å². The molecule has 6 nitrogen and oxygen atoms in total. The highest BCUT2D eigenvalue weighted by Crippen LogP contribution is 2.35.